The van der Waals surface area contributed by atoms with Gasteiger partial charge in [-0.05, 0) is 30.3 Å². The second-order valence-corrected chi connectivity index (χ2v) is 4.68. The molecule has 0 radical (unpaired) electrons. The standard InChI is InChI=1S/C13H8Cl2N2O/c14-7-4-5-9(15)8(6-7)13-17-12-10(16)2-1-3-11(12)18-13/h1-6H,16H2. The Balaban J connectivity index is 2.26. The van der Waals surface area contributed by atoms with Gasteiger partial charge in [-0.2, -0.15) is 0 Å². The molecule has 0 fully saturated rings. The van der Waals surface area contributed by atoms with Crippen molar-refractivity contribution < 1.29 is 4.42 Å². The normalized spacial score (nSPS) is 11.0. The van der Waals surface area contributed by atoms with Crippen molar-refractivity contribution in [3.8, 4) is 11.5 Å². The molecular formula is C13H8Cl2N2O. The molecule has 0 amide bonds. The molecule has 1 aromatic heterocycles. The van der Waals surface area contributed by atoms with Crippen molar-refractivity contribution in [2.75, 3.05) is 5.73 Å². The summed E-state index contributed by atoms with van der Waals surface area (Å²) in [6.07, 6.45) is 0. The maximum absolute atomic E-state index is 6.11. The topological polar surface area (TPSA) is 52.0 Å². The molecule has 0 unspecified atom stereocenters. The van der Waals surface area contributed by atoms with E-state index in [1.54, 1.807) is 30.3 Å². The lowest BCUT2D eigenvalue weighted by Crippen LogP contribution is -1.85. The first kappa shape index (κ1) is 11.4. The fraction of sp³-hybridized carbons (Fsp3) is 0. The largest absolute Gasteiger partial charge is 0.436 e. The summed E-state index contributed by atoms with van der Waals surface area (Å²) in [5, 5.41) is 1.11. The van der Waals surface area contributed by atoms with Crippen LogP contribution in [0.1, 0.15) is 0 Å². The number of nitrogens with two attached hydrogens (primary N) is 1. The van der Waals surface area contributed by atoms with Gasteiger partial charge in [0.2, 0.25) is 5.89 Å². The van der Waals surface area contributed by atoms with Gasteiger partial charge < -0.3 is 10.2 Å². The van der Waals surface area contributed by atoms with E-state index < -0.39 is 0 Å². The Morgan fingerprint density at radius 3 is 2.72 bits per heavy atom. The molecule has 5 heteroatoms. The molecule has 0 saturated heterocycles. The van der Waals surface area contributed by atoms with E-state index >= 15 is 0 Å². The molecule has 3 aromatic rings. The smallest absolute Gasteiger partial charge is 0.228 e. The van der Waals surface area contributed by atoms with E-state index in [4.69, 9.17) is 33.4 Å². The number of benzene rings is 2. The van der Waals surface area contributed by atoms with Gasteiger partial charge in [0.05, 0.1) is 16.3 Å². The summed E-state index contributed by atoms with van der Waals surface area (Å²) < 4.78 is 5.64. The Morgan fingerprint density at radius 2 is 1.94 bits per heavy atom. The number of rotatable bonds is 1. The minimum Gasteiger partial charge on any atom is -0.436 e. The molecule has 18 heavy (non-hydrogen) atoms. The van der Waals surface area contributed by atoms with Crippen molar-refractivity contribution >= 4 is 40.0 Å². The molecule has 3 rings (SSSR count). The maximum Gasteiger partial charge on any atom is 0.228 e. The highest BCUT2D eigenvalue weighted by Crippen LogP contribution is 2.33. The number of aromatic nitrogens is 1. The number of halogens is 2. The van der Waals surface area contributed by atoms with Crippen LogP contribution in [-0.4, -0.2) is 4.98 Å². The summed E-state index contributed by atoms with van der Waals surface area (Å²) in [7, 11) is 0. The third-order valence-electron chi connectivity index (χ3n) is 2.61. The van der Waals surface area contributed by atoms with Crippen molar-refractivity contribution in [2.45, 2.75) is 0 Å². The van der Waals surface area contributed by atoms with Gasteiger partial charge in [0.1, 0.15) is 5.52 Å². The highest BCUT2D eigenvalue weighted by molar-refractivity contribution is 6.35. The SMILES string of the molecule is Nc1cccc2oc(-c3cc(Cl)ccc3Cl)nc12. The average Bonchev–Trinajstić information content (AvgIpc) is 2.77. The van der Waals surface area contributed by atoms with Gasteiger partial charge in [-0.1, -0.05) is 29.3 Å². The lowest BCUT2D eigenvalue weighted by Gasteiger charge is -1.99. The van der Waals surface area contributed by atoms with Gasteiger partial charge in [-0.3, -0.25) is 0 Å². The van der Waals surface area contributed by atoms with E-state index in [2.05, 4.69) is 4.98 Å². The number of hydrogen-bond acceptors (Lipinski definition) is 3. The number of nitrogens with zero attached hydrogens (tertiary/aromatic N) is 1. The van der Waals surface area contributed by atoms with Crippen molar-refractivity contribution in [1.29, 1.82) is 0 Å². The summed E-state index contributed by atoms with van der Waals surface area (Å²) >= 11 is 12.1. The maximum atomic E-state index is 6.11. The van der Waals surface area contributed by atoms with E-state index in [9.17, 15) is 0 Å². The zero-order valence-corrected chi connectivity index (χ0v) is 10.7. The minimum atomic E-state index is 0.412. The highest BCUT2D eigenvalue weighted by Gasteiger charge is 2.13. The predicted molar refractivity (Wildman–Crippen MR) is 73.9 cm³/mol. The van der Waals surface area contributed by atoms with E-state index in [0.29, 0.717) is 38.3 Å². The molecule has 0 saturated carbocycles. The minimum absolute atomic E-state index is 0.412. The Morgan fingerprint density at radius 1 is 1.11 bits per heavy atom. The second kappa shape index (κ2) is 4.19. The number of anilines is 1. The number of hydrogen-bond donors (Lipinski definition) is 1. The molecule has 90 valence electrons. The molecule has 0 spiro atoms. The Bertz CT molecular complexity index is 737. The fourth-order valence-electron chi connectivity index (χ4n) is 1.75. The van der Waals surface area contributed by atoms with Crippen LogP contribution in [0.4, 0.5) is 5.69 Å². The number of para-hydroxylation sites is 1. The first-order valence-corrected chi connectivity index (χ1v) is 6.01. The third-order valence-corrected chi connectivity index (χ3v) is 3.17. The van der Waals surface area contributed by atoms with Gasteiger partial charge in [0.15, 0.2) is 5.58 Å². The van der Waals surface area contributed by atoms with Gasteiger partial charge in [0, 0.05) is 5.02 Å². The molecule has 2 aromatic carbocycles. The van der Waals surface area contributed by atoms with Crippen LogP contribution in [-0.2, 0) is 0 Å². The van der Waals surface area contributed by atoms with E-state index in [0.717, 1.165) is 0 Å². The molecule has 0 aliphatic rings. The quantitative estimate of drug-likeness (QED) is 0.672. The highest BCUT2D eigenvalue weighted by atomic mass is 35.5. The van der Waals surface area contributed by atoms with Gasteiger partial charge in [-0.25, -0.2) is 4.98 Å². The van der Waals surface area contributed by atoms with Crippen LogP contribution in [0.15, 0.2) is 40.8 Å². The number of oxazole rings is 1. The summed E-state index contributed by atoms with van der Waals surface area (Å²) in [6, 6.07) is 10.5. The van der Waals surface area contributed by atoms with Crippen LogP contribution in [0.25, 0.3) is 22.6 Å². The second-order valence-electron chi connectivity index (χ2n) is 3.84. The van der Waals surface area contributed by atoms with E-state index in [1.165, 1.54) is 0 Å². The van der Waals surface area contributed by atoms with Crippen molar-refractivity contribution in [3.63, 3.8) is 0 Å². The van der Waals surface area contributed by atoms with Crippen molar-refractivity contribution in [3.05, 3.63) is 46.4 Å². The van der Waals surface area contributed by atoms with Gasteiger partial charge >= 0.3 is 0 Å². The van der Waals surface area contributed by atoms with E-state index in [-0.39, 0.29) is 0 Å². The van der Waals surface area contributed by atoms with Crippen molar-refractivity contribution in [2.24, 2.45) is 0 Å². The van der Waals surface area contributed by atoms with Crippen LogP contribution in [0.5, 0.6) is 0 Å². The van der Waals surface area contributed by atoms with Crippen LogP contribution >= 0.6 is 23.2 Å². The van der Waals surface area contributed by atoms with Crippen LogP contribution in [0.3, 0.4) is 0 Å². The van der Waals surface area contributed by atoms with Crippen molar-refractivity contribution in [1.82, 2.24) is 4.98 Å². The summed E-state index contributed by atoms with van der Waals surface area (Å²) in [6.45, 7) is 0. The molecule has 0 bridgehead atoms. The van der Waals surface area contributed by atoms with Crippen LogP contribution < -0.4 is 5.73 Å². The summed E-state index contributed by atoms with van der Waals surface area (Å²) in [4.78, 5) is 4.35. The van der Waals surface area contributed by atoms with Crippen LogP contribution in [0, 0.1) is 0 Å². The zero-order valence-electron chi connectivity index (χ0n) is 9.15. The molecule has 3 nitrogen and oxygen atoms in total. The van der Waals surface area contributed by atoms with Gasteiger partial charge in [0.25, 0.3) is 0 Å². The lowest BCUT2D eigenvalue weighted by molar-refractivity contribution is 0.620. The Kier molecular flexibility index (Phi) is 2.65. The number of nitrogen functional groups attached to an aromatic ring is 1. The molecule has 0 aliphatic heterocycles. The Hall–Kier alpha value is -1.71. The zero-order chi connectivity index (χ0) is 12.7. The van der Waals surface area contributed by atoms with Crippen LogP contribution in [0.2, 0.25) is 10.0 Å². The fourth-order valence-corrected chi connectivity index (χ4v) is 2.12. The lowest BCUT2D eigenvalue weighted by atomic mass is 10.2. The van der Waals surface area contributed by atoms with Gasteiger partial charge in [-0.15, -0.1) is 0 Å². The average molecular weight is 279 g/mol. The predicted octanol–water partition coefficient (Wildman–Crippen LogP) is 4.38. The number of fused-ring (bicyclic) bond motifs is 1. The Labute approximate surface area is 113 Å². The molecule has 2 N–H and O–H groups in total. The van der Waals surface area contributed by atoms with E-state index in [1.807, 2.05) is 6.07 Å². The molecular weight excluding hydrogens is 271 g/mol. The first-order chi connectivity index (χ1) is 8.65. The summed E-state index contributed by atoms with van der Waals surface area (Å²) in [5.74, 6) is 0.412. The molecule has 0 aliphatic carbocycles. The molecule has 0 atom stereocenters. The molecule has 1 heterocycles. The first-order valence-electron chi connectivity index (χ1n) is 5.25. The summed E-state index contributed by atoms with van der Waals surface area (Å²) in [5.41, 5.74) is 8.31. The third kappa shape index (κ3) is 1.82. The monoisotopic (exact) mass is 278 g/mol.